The Balaban J connectivity index is 3.95. The second-order valence-electron chi connectivity index (χ2n) is 5.26. The molecule has 0 unspecified atom stereocenters. The summed E-state index contributed by atoms with van der Waals surface area (Å²) < 4.78 is 90.6. The SMILES string of the molecule is CC[C@@H](C)S(=O)(=O)c1c(C(F)(F)C(F)(F)F)ccc(C(=O)O)c1C. The van der Waals surface area contributed by atoms with Crippen molar-refractivity contribution in [2.24, 2.45) is 0 Å². The molecule has 10 heteroatoms. The molecule has 1 atom stereocenters. The van der Waals surface area contributed by atoms with Gasteiger partial charge >= 0.3 is 18.1 Å². The molecule has 4 nitrogen and oxygen atoms in total. The molecule has 24 heavy (non-hydrogen) atoms. The van der Waals surface area contributed by atoms with Crippen LogP contribution in [-0.2, 0) is 15.8 Å². The van der Waals surface area contributed by atoms with Crippen molar-refractivity contribution < 1.29 is 40.3 Å². The Morgan fingerprint density at radius 2 is 1.71 bits per heavy atom. The number of sulfone groups is 1. The molecule has 0 aliphatic rings. The summed E-state index contributed by atoms with van der Waals surface area (Å²) in [5, 5.41) is 7.74. The fraction of sp³-hybridized carbons (Fsp3) is 0.500. The first-order valence-corrected chi connectivity index (χ1v) is 8.30. The van der Waals surface area contributed by atoms with Crippen molar-refractivity contribution in [3.8, 4) is 0 Å². The molecule has 1 N–H and O–H groups in total. The zero-order valence-corrected chi connectivity index (χ0v) is 13.7. The third kappa shape index (κ3) is 3.24. The summed E-state index contributed by atoms with van der Waals surface area (Å²) >= 11 is 0. The number of rotatable bonds is 5. The first kappa shape index (κ1) is 20.3. The largest absolute Gasteiger partial charge is 0.478 e. The molecule has 0 heterocycles. The molecular formula is C14H15F5O4S. The van der Waals surface area contributed by atoms with E-state index in [1.54, 1.807) is 0 Å². The Hall–Kier alpha value is -1.71. The lowest BCUT2D eigenvalue weighted by Crippen LogP contribution is -2.36. The molecule has 0 aliphatic heterocycles. The van der Waals surface area contributed by atoms with E-state index in [0.717, 1.165) is 13.8 Å². The quantitative estimate of drug-likeness (QED) is 0.793. The standard InChI is InChI=1S/C14H15F5O4S/c1-4-7(2)24(22,23)11-8(3)9(12(20)21)5-6-10(11)13(15,16)14(17,18)19/h5-7H,4H2,1-3H3,(H,20,21)/t7-/m1/s1. The van der Waals surface area contributed by atoms with Crippen LogP contribution in [0.4, 0.5) is 22.0 Å². The molecule has 1 rings (SSSR count). The van der Waals surface area contributed by atoms with Crippen molar-refractivity contribution in [2.45, 2.75) is 49.4 Å². The van der Waals surface area contributed by atoms with Crippen molar-refractivity contribution in [3.63, 3.8) is 0 Å². The third-order valence-electron chi connectivity index (χ3n) is 3.72. The van der Waals surface area contributed by atoms with Gasteiger partial charge in [0.1, 0.15) is 0 Å². The van der Waals surface area contributed by atoms with E-state index in [-0.39, 0.29) is 12.5 Å². The highest BCUT2D eigenvalue weighted by Gasteiger charge is 2.60. The Morgan fingerprint density at radius 1 is 1.21 bits per heavy atom. The number of hydrogen-bond acceptors (Lipinski definition) is 3. The van der Waals surface area contributed by atoms with E-state index in [9.17, 15) is 35.2 Å². The molecule has 0 fully saturated rings. The average Bonchev–Trinajstić information content (AvgIpc) is 2.43. The van der Waals surface area contributed by atoms with Gasteiger partial charge in [-0.1, -0.05) is 13.0 Å². The van der Waals surface area contributed by atoms with Crippen LogP contribution in [-0.4, -0.2) is 30.9 Å². The van der Waals surface area contributed by atoms with Crippen LogP contribution in [0.1, 0.15) is 41.8 Å². The molecule has 0 amide bonds. The highest BCUT2D eigenvalue weighted by Crippen LogP contribution is 2.47. The number of halogens is 5. The van der Waals surface area contributed by atoms with Crippen molar-refractivity contribution >= 4 is 15.8 Å². The number of carboxylic acids is 1. The van der Waals surface area contributed by atoms with Gasteiger partial charge in [-0.3, -0.25) is 0 Å². The molecule has 0 saturated heterocycles. The molecule has 0 radical (unpaired) electrons. The van der Waals surface area contributed by atoms with Crippen LogP contribution >= 0.6 is 0 Å². The monoisotopic (exact) mass is 374 g/mol. The predicted octanol–water partition coefficient (Wildman–Crippen LogP) is 3.92. The van der Waals surface area contributed by atoms with Gasteiger partial charge in [-0.2, -0.15) is 22.0 Å². The summed E-state index contributed by atoms with van der Waals surface area (Å²) in [6.07, 6.45) is -6.07. The first-order chi connectivity index (χ1) is 10.7. The van der Waals surface area contributed by atoms with Crippen LogP contribution in [0.3, 0.4) is 0 Å². The van der Waals surface area contributed by atoms with Gasteiger partial charge in [0.25, 0.3) is 0 Å². The topological polar surface area (TPSA) is 71.4 Å². The summed E-state index contributed by atoms with van der Waals surface area (Å²) in [5.74, 6) is -7.07. The fourth-order valence-electron chi connectivity index (χ4n) is 2.11. The van der Waals surface area contributed by atoms with Crippen LogP contribution in [0.15, 0.2) is 17.0 Å². The van der Waals surface area contributed by atoms with Crippen molar-refractivity contribution in [2.75, 3.05) is 0 Å². The van der Waals surface area contributed by atoms with E-state index in [1.807, 2.05) is 0 Å². The normalized spacial score (nSPS) is 14.5. The summed E-state index contributed by atoms with van der Waals surface area (Å²) in [4.78, 5) is 9.82. The number of carboxylic acid groups (broad SMARTS) is 1. The first-order valence-electron chi connectivity index (χ1n) is 6.75. The minimum Gasteiger partial charge on any atom is -0.478 e. The molecule has 0 spiro atoms. The lowest BCUT2D eigenvalue weighted by molar-refractivity contribution is -0.290. The van der Waals surface area contributed by atoms with Gasteiger partial charge in [0.05, 0.1) is 15.7 Å². The zero-order chi connectivity index (χ0) is 19.1. The Kier molecular flexibility index (Phi) is 5.34. The van der Waals surface area contributed by atoms with E-state index in [4.69, 9.17) is 5.11 Å². The van der Waals surface area contributed by atoms with Gasteiger partial charge in [-0.15, -0.1) is 0 Å². The van der Waals surface area contributed by atoms with Crippen molar-refractivity contribution in [1.29, 1.82) is 0 Å². The van der Waals surface area contributed by atoms with Crippen LogP contribution in [0.2, 0.25) is 0 Å². The molecule has 0 aliphatic carbocycles. The van der Waals surface area contributed by atoms with Gasteiger partial charge in [-0.25, -0.2) is 13.2 Å². The second-order valence-corrected chi connectivity index (χ2v) is 7.56. The minimum absolute atomic E-state index is 0.0455. The zero-order valence-electron chi connectivity index (χ0n) is 12.9. The number of hydrogen-bond donors (Lipinski definition) is 1. The number of aromatic carboxylic acids is 1. The van der Waals surface area contributed by atoms with Crippen molar-refractivity contribution in [1.82, 2.24) is 0 Å². The van der Waals surface area contributed by atoms with Crippen LogP contribution < -0.4 is 0 Å². The number of carbonyl (C=O) groups is 1. The minimum atomic E-state index is -6.02. The third-order valence-corrected chi connectivity index (χ3v) is 6.21. The number of benzene rings is 1. The maximum Gasteiger partial charge on any atom is 0.458 e. The lowest BCUT2D eigenvalue weighted by Gasteiger charge is -2.25. The van der Waals surface area contributed by atoms with Gasteiger partial charge in [0.2, 0.25) is 0 Å². The smallest absolute Gasteiger partial charge is 0.458 e. The lowest BCUT2D eigenvalue weighted by atomic mass is 10.0. The summed E-state index contributed by atoms with van der Waals surface area (Å²) in [7, 11) is -4.59. The molecule has 0 aromatic heterocycles. The van der Waals surface area contributed by atoms with Gasteiger partial charge in [0, 0.05) is 5.56 Å². The highest BCUT2D eigenvalue weighted by molar-refractivity contribution is 7.92. The fourth-order valence-corrected chi connectivity index (χ4v) is 3.99. The van der Waals surface area contributed by atoms with Crippen LogP contribution in [0.5, 0.6) is 0 Å². The summed E-state index contributed by atoms with van der Waals surface area (Å²) in [6, 6.07) is 0.751. The maximum atomic E-state index is 13.8. The van der Waals surface area contributed by atoms with E-state index in [1.165, 1.54) is 6.92 Å². The summed E-state index contributed by atoms with van der Waals surface area (Å²) in [6.45, 7) is 3.46. The van der Waals surface area contributed by atoms with Crippen molar-refractivity contribution in [3.05, 3.63) is 28.8 Å². The number of alkyl halides is 5. The summed E-state index contributed by atoms with van der Waals surface area (Å²) in [5.41, 5.74) is -3.07. The van der Waals surface area contributed by atoms with E-state index in [2.05, 4.69) is 0 Å². The molecule has 0 bridgehead atoms. The van der Waals surface area contributed by atoms with Gasteiger partial charge in [0.15, 0.2) is 9.84 Å². The molecule has 1 aromatic rings. The van der Waals surface area contributed by atoms with Crippen LogP contribution in [0.25, 0.3) is 0 Å². The van der Waals surface area contributed by atoms with E-state index in [0.29, 0.717) is 6.07 Å². The second kappa shape index (κ2) is 6.30. The molecule has 136 valence electrons. The Bertz CT molecular complexity index is 753. The van der Waals surface area contributed by atoms with Crippen LogP contribution in [0, 0.1) is 6.92 Å². The van der Waals surface area contributed by atoms with Gasteiger partial charge < -0.3 is 5.11 Å². The predicted molar refractivity (Wildman–Crippen MR) is 75.0 cm³/mol. The molecular weight excluding hydrogens is 359 g/mol. The van der Waals surface area contributed by atoms with Gasteiger partial charge in [-0.05, 0) is 31.9 Å². The maximum absolute atomic E-state index is 13.8. The highest BCUT2D eigenvalue weighted by atomic mass is 32.2. The van der Waals surface area contributed by atoms with E-state index < -0.39 is 54.7 Å². The Morgan fingerprint density at radius 3 is 2.08 bits per heavy atom. The molecule has 1 aromatic carbocycles. The average molecular weight is 374 g/mol. The Labute approximate surface area is 135 Å². The molecule has 0 saturated carbocycles. The van der Waals surface area contributed by atoms with E-state index >= 15 is 0 Å².